The van der Waals surface area contributed by atoms with Gasteiger partial charge in [-0.05, 0) is 55.5 Å². The van der Waals surface area contributed by atoms with Crippen molar-refractivity contribution in [3.63, 3.8) is 0 Å². The maximum atomic E-state index is 12.6. The molecule has 1 heterocycles. The number of hydrogen-bond acceptors (Lipinski definition) is 5. The molecule has 0 aliphatic rings. The van der Waals surface area contributed by atoms with Crippen LogP contribution >= 0.6 is 11.6 Å². The molecule has 4 aromatic rings. The molecule has 7 heteroatoms. The summed E-state index contributed by atoms with van der Waals surface area (Å²) < 4.78 is 5.28. The fourth-order valence-electron chi connectivity index (χ4n) is 3.21. The van der Waals surface area contributed by atoms with Gasteiger partial charge in [0.25, 0.3) is 5.91 Å². The maximum absolute atomic E-state index is 12.6. The van der Waals surface area contributed by atoms with Crippen LogP contribution in [0.2, 0.25) is 5.02 Å². The number of aryl methyl sites for hydroxylation is 1. The van der Waals surface area contributed by atoms with E-state index in [9.17, 15) is 4.79 Å². The Labute approximate surface area is 191 Å². The number of benzene rings is 3. The van der Waals surface area contributed by atoms with Gasteiger partial charge in [-0.3, -0.25) is 4.79 Å². The molecule has 3 aromatic carbocycles. The number of methoxy groups -OCH3 is 1. The number of anilines is 3. The Bertz CT molecular complexity index is 1260. The number of carbonyl (C=O) groups excluding carboxylic acids is 1. The van der Waals surface area contributed by atoms with Crippen LogP contribution in [0.25, 0.3) is 11.3 Å². The fraction of sp³-hybridized carbons (Fsp3) is 0.0800. The van der Waals surface area contributed by atoms with Gasteiger partial charge in [-0.2, -0.15) is 0 Å². The first-order valence-electron chi connectivity index (χ1n) is 9.93. The van der Waals surface area contributed by atoms with Gasteiger partial charge in [-0.15, -0.1) is 0 Å². The highest BCUT2D eigenvalue weighted by molar-refractivity contribution is 6.31. The molecule has 32 heavy (non-hydrogen) atoms. The summed E-state index contributed by atoms with van der Waals surface area (Å²) in [6.07, 6.45) is 1.53. The fourth-order valence-corrected chi connectivity index (χ4v) is 3.39. The first-order valence-corrected chi connectivity index (χ1v) is 10.3. The zero-order valence-corrected chi connectivity index (χ0v) is 18.4. The molecule has 0 aliphatic carbocycles. The van der Waals surface area contributed by atoms with Crippen LogP contribution < -0.4 is 15.4 Å². The first-order chi connectivity index (χ1) is 15.5. The van der Waals surface area contributed by atoms with Gasteiger partial charge in [-0.25, -0.2) is 9.97 Å². The smallest absolute Gasteiger partial charge is 0.255 e. The van der Waals surface area contributed by atoms with Gasteiger partial charge in [0, 0.05) is 27.9 Å². The summed E-state index contributed by atoms with van der Waals surface area (Å²) in [6, 6.07) is 22.2. The summed E-state index contributed by atoms with van der Waals surface area (Å²) >= 11 is 6.03. The third-order valence-corrected chi connectivity index (χ3v) is 5.05. The molecule has 4 rings (SSSR count). The SMILES string of the molecule is COc1ccc(Cl)cc1NC(=O)c1ccc(Nc2cc(-c3cccc(C)c3)ncn2)cc1. The average molecular weight is 445 g/mol. The lowest BCUT2D eigenvalue weighted by molar-refractivity contribution is 0.102. The summed E-state index contributed by atoms with van der Waals surface area (Å²) in [6.45, 7) is 2.05. The Morgan fingerprint density at radius 1 is 0.969 bits per heavy atom. The summed E-state index contributed by atoms with van der Waals surface area (Å²) in [4.78, 5) is 21.3. The van der Waals surface area contributed by atoms with E-state index < -0.39 is 0 Å². The van der Waals surface area contributed by atoms with Crippen LogP contribution in [0.5, 0.6) is 5.75 Å². The van der Waals surface area contributed by atoms with Crippen LogP contribution in [0.15, 0.2) is 79.1 Å². The lowest BCUT2D eigenvalue weighted by Crippen LogP contribution is -2.12. The van der Waals surface area contributed by atoms with Crippen LogP contribution in [0.4, 0.5) is 17.2 Å². The number of amides is 1. The maximum Gasteiger partial charge on any atom is 0.255 e. The Morgan fingerprint density at radius 3 is 2.53 bits per heavy atom. The third kappa shape index (κ3) is 5.04. The zero-order chi connectivity index (χ0) is 22.5. The van der Waals surface area contributed by atoms with E-state index in [0.717, 1.165) is 16.9 Å². The highest BCUT2D eigenvalue weighted by Gasteiger charge is 2.11. The van der Waals surface area contributed by atoms with Crippen molar-refractivity contribution in [3.05, 3.63) is 95.3 Å². The summed E-state index contributed by atoms with van der Waals surface area (Å²) in [5.74, 6) is 0.937. The van der Waals surface area contributed by atoms with Crippen LogP contribution in [0, 0.1) is 6.92 Å². The molecule has 6 nitrogen and oxygen atoms in total. The molecule has 0 atom stereocenters. The lowest BCUT2D eigenvalue weighted by Gasteiger charge is -2.11. The van der Waals surface area contributed by atoms with E-state index in [0.29, 0.717) is 27.8 Å². The lowest BCUT2D eigenvalue weighted by atomic mass is 10.1. The van der Waals surface area contributed by atoms with Crippen molar-refractivity contribution < 1.29 is 9.53 Å². The number of aromatic nitrogens is 2. The van der Waals surface area contributed by atoms with Crippen molar-refractivity contribution in [2.45, 2.75) is 6.92 Å². The largest absolute Gasteiger partial charge is 0.495 e. The Morgan fingerprint density at radius 2 is 1.78 bits per heavy atom. The van der Waals surface area contributed by atoms with Gasteiger partial charge in [0.05, 0.1) is 18.5 Å². The van der Waals surface area contributed by atoms with Gasteiger partial charge in [0.1, 0.15) is 17.9 Å². The standard InChI is InChI=1S/C25H21ClN4O2/c1-16-4-3-5-18(12-16)21-14-24(28-15-27-21)29-20-9-6-17(7-10-20)25(31)30-22-13-19(26)8-11-23(22)32-2/h3-15H,1-2H3,(H,30,31)(H,27,28,29). The van der Waals surface area contributed by atoms with Gasteiger partial charge in [-0.1, -0.05) is 35.4 Å². The third-order valence-electron chi connectivity index (χ3n) is 4.81. The van der Waals surface area contributed by atoms with E-state index in [1.807, 2.05) is 43.3 Å². The number of ether oxygens (including phenoxy) is 1. The minimum absolute atomic E-state index is 0.263. The van der Waals surface area contributed by atoms with E-state index in [2.05, 4.69) is 26.7 Å². The van der Waals surface area contributed by atoms with E-state index >= 15 is 0 Å². The van der Waals surface area contributed by atoms with Crippen molar-refractivity contribution in [1.82, 2.24) is 9.97 Å². The predicted molar refractivity (Wildman–Crippen MR) is 128 cm³/mol. The van der Waals surface area contributed by atoms with Crippen molar-refractivity contribution in [2.75, 3.05) is 17.7 Å². The number of carbonyl (C=O) groups is 1. The van der Waals surface area contributed by atoms with E-state index in [4.69, 9.17) is 16.3 Å². The number of hydrogen-bond donors (Lipinski definition) is 2. The molecular formula is C25H21ClN4O2. The molecular weight excluding hydrogens is 424 g/mol. The highest BCUT2D eigenvalue weighted by atomic mass is 35.5. The average Bonchev–Trinajstić information content (AvgIpc) is 2.80. The molecule has 160 valence electrons. The second-order valence-corrected chi connectivity index (χ2v) is 7.60. The molecule has 1 amide bonds. The normalized spacial score (nSPS) is 10.5. The van der Waals surface area contributed by atoms with E-state index in [1.165, 1.54) is 19.0 Å². The van der Waals surface area contributed by atoms with Crippen LogP contribution in [0.3, 0.4) is 0 Å². The molecule has 1 aromatic heterocycles. The minimum Gasteiger partial charge on any atom is -0.495 e. The van der Waals surface area contributed by atoms with Gasteiger partial charge < -0.3 is 15.4 Å². The number of nitrogens with one attached hydrogen (secondary N) is 2. The minimum atomic E-state index is -0.263. The quantitative estimate of drug-likeness (QED) is 0.375. The zero-order valence-electron chi connectivity index (χ0n) is 17.6. The van der Waals surface area contributed by atoms with E-state index in [1.54, 1.807) is 30.3 Å². The highest BCUT2D eigenvalue weighted by Crippen LogP contribution is 2.28. The van der Waals surface area contributed by atoms with Gasteiger partial charge in [0.15, 0.2) is 0 Å². The van der Waals surface area contributed by atoms with Crippen LogP contribution in [-0.2, 0) is 0 Å². The monoisotopic (exact) mass is 444 g/mol. The van der Waals surface area contributed by atoms with Crippen LogP contribution in [0.1, 0.15) is 15.9 Å². The predicted octanol–water partition coefficient (Wildman–Crippen LogP) is 6.11. The summed E-state index contributed by atoms with van der Waals surface area (Å²) in [5, 5.41) is 6.59. The number of halogens is 1. The second-order valence-electron chi connectivity index (χ2n) is 7.16. The first kappa shape index (κ1) is 21.3. The molecule has 0 radical (unpaired) electrons. The van der Waals surface area contributed by atoms with E-state index in [-0.39, 0.29) is 5.91 Å². The van der Waals surface area contributed by atoms with Crippen molar-refractivity contribution in [1.29, 1.82) is 0 Å². The van der Waals surface area contributed by atoms with Gasteiger partial charge >= 0.3 is 0 Å². The van der Waals surface area contributed by atoms with Crippen molar-refractivity contribution >= 4 is 34.7 Å². The van der Waals surface area contributed by atoms with Crippen molar-refractivity contribution in [2.24, 2.45) is 0 Å². The molecule has 0 aliphatic heterocycles. The second kappa shape index (κ2) is 9.49. The van der Waals surface area contributed by atoms with Gasteiger partial charge in [0.2, 0.25) is 0 Å². The topological polar surface area (TPSA) is 76.1 Å². The number of nitrogens with zero attached hydrogens (tertiary/aromatic N) is 2. The summed E-state index contributed by atoms with van der Waals surface area (Å²) in [7, 11) is 1.54. The Balaban J connectivity index is 1.47. The summed E-state index contributed by atoms with van der Waals surface area (Å²) in [5.41, 5.74) is 4.84. The van der Waals surface area contributed by atoms with Crippen LogP contribution in [-0.4, -0.2) is 23.0 Å². The Hall–Kier alpha value is -3.90. The molecule has 0 unspecified atom stereocenters. The number of rotatable bonds is 6. The molecule has 2 N–H and O–H groups in total. The Kier molecular flexibility index (Phi) is 6.33. The molecule has 0 saturated carbocycles. The van der Waals surface area contributed by atoms with Crippen molar-refractivity contribution in [3.8, 4) is 17.0 Å². The molecule has 0 spiro atoms. The molecule has 0 bridgehead atoms. The molecule has 0 fully saturated rings. The molecule has 0 saturated heterocycles.